The van der Waals surface area contributed by atoms with E-state index in [0.717, 1.165) is 25.7 Å². The van der Waals surface area contributed by atoms with Crippen molar-refractivity contribution >= 4 is 5.91 Å². The maximum atomic E-state index is 12.4. The van der Waals surface area contributed by atoms with Gasteiger partial charge in [-0.2, -0.15) is 0 Å². The van der Waals surface area contributed by atoms with Gasteiger partial charge in [-0.3, -0.25) is 4.79 Å². The molecule has 0 aliphatic heterocycles. The van der Waals surface area contributed by atoms with Crippen LogP contribution in [0.3, 0.4) is 0 Å². The molecule has 0 aromatic rings. The lowest BCUT2D eigenvalue weighted by Crippen LogP contribution is -2.45. The molecular weight excluding hydrogens is 639 g/mol. The number of hydrogen-bond donors (Lipinski definition) is 3. The van der Waals surface area contributed by atoms with Crippen molar-refractivity contribution in [2.45, 2.75) is 283 Å². The summed E-state index contributed by atoms with van der Waals surface area (Å²) in [6.45, 7) is 4.34. The van der Waals surface area contributed by atoms with Gasteiger partial charge in [0.2, 0.25) is 5.91 Å². The van der Waals surface area contributed by atoms with Gasteiger partial charge in [-0.1, -0.05) is 257 Å². The summed E-state index contributed by atoms with van der Waals surface area (Å²) >= 11 is 0. The topological polar surface area (TPSA) is 69.6 Å². The van der Waals surface area contributed by atoms with Gasteiger partial charge < -0.3 is 15.5 Å². The van der Waals surface area contributed by atoms with Crippen LogP contribution < -0.4 is 5.32 Å². The van der Waals surface area contributed by atoms with E-state index in [-0.39, 0.29) is 12.5 Å². The number of aliphatic hydroxyl groups excluding tert-OH is 2. The van der Waals surface area contributed by atoms with E-state index >= 15 is 0 Å². The zero-order valence-electron chi connectivity index (χ0n) is 35.6. The van der Waals surface area contributed by atoms with Gasteiger partial charge in [-0.15, -0.1) is 0 Å². The zero-order valence-corrected chi connectivity index (χ0v) is 35.6. The third-order valence-corrected chi connectivity index (χ3v) is 11.3. The largest absolute Gasteiger partial charge is 0.394 e. The molecule has 0 aliphatic carbocycles. The van der Waals surface area contributed by atoms with Crippen molar-refractivity contribution in [3.05, 3.63) is 12.2 Å². The number of aliphatic hydroxyl groups is 2. The monoisotopic (exact) mass is 734 g/mol. The lowest BCUT2D eigenvalue weighted by Gasteiger charge is -2.20. The predicted molar refractivity (Wildman–Crippen MR) is 230 cm³/mol. The summed E-state index contributed by atoms with van der Waals surface area (Å²) in [5.41, 5.74) is 0. The quantitative estimate of drug-likeness (QED) is 0.0431. The van der Waals surface area contributed by atoms with Gasteiger partial charge in [0.25, 0.3) is 0 Å². The van der Waals surface area contributed by atoms with Crippen LogP contribution in [-0.2, 0) is 4.79 Å². The lowest BCUT2D eigenvalue weighted by molar-refractivity contribution is -0.123. The van der Waals surface area contributed by atoms with E-state index in [9.17, 15) is 15.0 Å². The van der Waals surface area contributed by atoms with Crippen molar-refractivity contribution in [3.63, 3.8) is 0 Å². The molecule has 0 bridgehead atoms. The van der Waals surface area contributed by atoms with E-state index in [2.05, 4.69) is 19.2 Å². The Labute approximate surface area is 327 Å². The first-order valence-electron chi connectivity index (χ1n) is 23.9. The fraction of sp³-hybridized carbons (Fsp3) is 0.938. The van der Waals surface area contributed by atoms with Gasteiger partial charge in [0.1, 0.15) is 0 Å². The molecule has 0 saturated carbocycles. The van der Waals surface area contributed by atoms with Crippen molar-refractivity contribution in [3.8, 4) is 0 Å². The second-order valence-corrected chi connectivity index (χ2v) is 16.5. The molecule has 0 aromatic carbocycles. The molecule has 0 fully saturated rings. The molecule has 3 N–H and O–H groups in total. The standard InChI is InChI=1S/C48H95NO3/c1-3-5-7-9-11-13-15-17-19-21-23-25-27-29-31-33-35-37-39-41-43-47(51)46(45-50)49-48(52)44-42-40-38-36-34-32-30-28-26-24-22-20-18-16-14-12-10-8-6-4-2/h41,43,46-47,50-51H,3-40,42,44-45H2,1-2H3,(H,49,52)/b43-41+. The van der Waals surface area contributed by atoms with Crippen LogP contribution >= 0.6 is 0 Å². The number of rotatable bonds is 44. The van der Waals surface area contributed by atoms with E-state index in [0.29, 0.717) is 6.42 Å². The maximum Gasteiger partial charge on any atom is 0.220 e. The maximum absolute atomic E-state index is 12.4. The van der Waals surface area contributed by atoms with Gasteiger partial charge in [0.15, 0.2) is 0 Å². The fourth-order valence-electron chi connectivity index (χ4n) is 7.59. The number of amides is 1. The van der Waals surface area contributed by atoms with E-state index in [1.165, 1.54) is 225 Å². The predicted octanol–water partition coefficient (Wildman–Crippen LogP) is 15.0. The Morgan fingerprint density at radius 2 is 0.712 bits per heavy atom. The normalized spacial score (nSPS) is 12.9. The molecule has 0 aliphatic rings. The first-order chi connectivity index (χ1) is 25.7. The third kappa shape index (κ3) is 40.3. The van der Waals surface area contributed by atoms with Crippen LogP contribution in [0.25, 0.3) is 0 Å². The average Bonchev–Trinajstić information content (AvgIpc) is 3.15. The van der Waals surface area contributed by atoms with Crippen molar-refractivity contribution in [2.24, 2.45) is 0 Å². The molecule has 0 spiro atoms. The molecule has 52 heavy (non-hydrogen) atoms. The summed E-state index contributed by atoms with van der Waals surface area (Å²) in [5, 5.41) is 23.1. The molecule has 0 aromatic heterocycles. The first kappa shape index (κ1) is 51.1. The minimum atomic E-state index is -0.834. The molecule has 4 heteroatoms. The molecule has 1 amide bonds. The Hall–Kier alpha value is -0.870. The van der Waals surface area contributed by atoms with Gasteiger partial charge in [0, 0.05) is 6.42 Å². The van der Waals surface area contributed by atoms with Crippen LogP contribution in [0, 0.1) is 0 Å². The van der Waals surface area contributed by atoms with Crippen molar-refractivity contribution < 1.29 is 15.0 Å². The van der Waals surface area contributed by atoms with E-state index < -0.39 is 12.1 Å². The Morgan fingerprint density at radius 1 is 0.442 bits per heavy atom. The molecule has 0 saturated heterocycles. The molecule has 0 radical (unpaired) electrons. The van der Waals surface area contributed by atoms with Gasteiger partial charge in [-0.25, -0.2) is 0 Å². The molecule has 4 nitrogen and oxygen atoms in total. The third-order valence-electron chi connectivity index (χ3n) is 11.3. The highest BCUT2D eigenvalue weighted by Crippen LogP contribution is 2.17. The van der Waals surface area contributed by atoms with Gasteiger partial charge in [-0.05, 0) is 19.3 Å². The molecule has 2 unspecified atom stereocenters. The SMILES string of the molecule is CCCCCCCCCCCCCCCCCCCC/C=C/C(O)C(CO)NC(=O)CCCCCCCCCCCCCCCCCCCCCC. The first-order valence-corrected chi connectivity index (χ1v) is 23.9. The van der Waals surface area contributed by atoms with Crippen LogP contribution in [0.5, 0.6) is 0 Å². The summed E-state index contributed by atoms with van der Waals surface area (Å²) in [5.74, 6) is -0.0580. The summed E-state index contributed by atoms with van der Waals surface area (Å²) in [6.07, 6.45) is 56.2. The Morgan fingerprint density at radius 3 is 1.00 bits per heavy atom. The van der Waals surface area contributed by atoms with Gasteiger partial charge >= 0.3 is 0 Å². The summed E-state index contributed by atoms with van der Waals surface area (Å²) in [4.78, 5) is 12.4. The van der Waals surface area contributed by atoms with Crippen molar-refractivity contribution in [2.75, 3.05) is 6.61 Å². The highest BCUT2D eigenvalue weighted by Gasteiger charge is 2.18. The molecule has 2 atom stereocenters. The molecule has 0 rings (SSSR count). The Balaban J connectivity index is 3.50. The second kappa shape index (κ2) is 44.5. The van der Waals surface area contributed by atoms with Crippen LogP contribution in [0.15, 0.2) is 12.2 Å². The van der Waals surface area contributed by atoms with Crippen LogP contribution in [0.4, 0.5) is 0 Å². The second-order valence-electron chi connectivity index (χ2n) is 16.5. The Kier molecular flexibility index (Phi) is 43.8. The summed E-state index contributed by atoms with van der Waals surface area (Å²) in [6, 6.07) is -0.617. The van der Waals surface area contributed by atoms with E-state index in [1.54, 1.807) is 6.08 Å². The number of unbranched alkanes of at least 4 members (excludes halogenated alkanes) is 37. The molecule has 0 heterocycles. The van der Waals surface area contributed by atoms with Crippen LogP contribution in [0.1, 0.15) is 271 Å². The summed E-state index contributed by atoms with van der Waals surface area (Å²) in [7, 11) is 0. The van der Waals surface area contributed by atoms with Crippen molar-refractivity contribution in [1.29, 1.82) is 0 Å². The van der Waals surface area contributed by atoms with E-state index in [1.807, 2.05) is 6.08 Å². The van der Waals surface area contributed by atoms with Gasteiger partial charge in [0.05, 0.1) is 18.8 Å². The summed E-state index contributed by atoms with van der Waals surface area (Å²) < 4.78 is 0. The lowest BCUT2D eigenvalue weighted by atomic mass is 10.0. The highest BCUT2D eigenvalue weighted by atomic mass is 16.3. The zero-order chi connectivity index (χ0) is 37.8. The smallest absolute Gasteiger partial charge is 0.220 e. The minimum Gasteiger partial charge on any atom is -0.394 e. The number of carbonyl (C=O) groups is 1. The number of allylic oxidation sites excluding steroid dienone is 1. The number of nitrogens with one attached hydrogen (secondary N) is 1. The van der Waals surface area contributed by atoms with Crippen LogP contribution in [-0.4, -0.2) is 34.9 Å². The van der Waals surface area contributed by atoms with Crippen molar-refractivity contribution in [1.82, 2.24) is 5.32 Å². The minimum absolute atomic E-state index is 0.0580. The fourth-order valence-corrected chi connectivity index (χ4v) is 7.59. The number of carbonyl (C=O) groups excluding carboxylic acids is 1. The van der Waals surface area contributed by atoms with Crippen LogP contribution in [0.2, 0.25) is 0 Å². The molecule has 310 valence electrons. The number of hydrogen-bond acceptors (Lipinski definition) is 3. The highest BCUT2D eigenvalue weighted by molar-refractivity contribution is 5.76. The van der Waals surface area contributed by atoms with E-state index in [4.69, 9.17) is 0 Å². The Bertz CT molecular complexity index is 710. The molecular formula is C48H95NO3. The average molecular weight is 734 g/mol.